The van der Waals surface area contributed by atoms with Gasteiger partial charge < -0.3 is 14.1 Å². The predicted molar refractivity (Wildman–Crippen MR) is 126 cm³/mol. The summed E-state index contributed by atoms with van der Waals surface area (Å²) in [7, 11) is -0.226. The van der Waals surface area contributed by atoms with Crippen LogP contribution >= 0.6 is 0 Å². The lowest BCUT2D eigenvalue weighted by Gasteiger charge is -2.18. The Kier molecular flexibility index (Phi) is 5.48. The van der Waals surface area contributed by atoms with Crippen molar-refractivity contribution >= 4 is 49.4 Å². The van der Waals surface area contributed by atoms with Crippen molar-refractivity contribution in [3.8, 4) is 0 Å². The molecule has 0 amide bonds. The van der Waals surface area contributed by atoms with Crippen molar-refractivity contribution in [1.82, 2.24) is 0 Å². The quantitative estimate of drug-likeness (QED) is 0.354. The van der Waals surface area contributed by atoms with Crippen molar-refractivity contribution in [3.05, 3.63) is 76.1 Å². The highest BCUT2D eigenvalue weighted by Gasteiger charge is 2.21. The molecule has 8 heteroatoms. The molecule has 4 aromatic rings. The second-order valence-electron chi connectivity index (χ2n) is 7.71. The van der Waals surface area contributed by atoms with E-state index in [9.17, 15) is 18.0 Å². The van der Waals surface area contributed by atoms with E-state index in [1.165, 1.54) is 6.07 Å². The van der Waals surface area contributed by atoms with Gasteiger partial charge in [-0.1, -0.05) is 24.3 Å². The smallest absolute Gasteiger partial charge is 0.340 e. The maximum Gasteiger partial charge on any atom is 0.340 e. The van der Waals surface area contributed by atoms with Gasteiger partial charge in [0.1, 0.15) is 11.9 Å². The highest BCUT2D eigenvalue weighted by Crippen LogP contribution is 2.33. The highest BCUT2D eigenvalue weighted by atomic mass is 32.2. The van der Waals surface area contributed by atoms with Crippen LogP contribution in [-0.2, 0) is 21.2 Å². The Bertz CT molecular complexity index is 1520. The molecule has 0 atom stereocenters. The minimum Gasteiger partial charge on any atom is -0.422 e. The molecule has 0 aliphatic carbocycles. The van der Waals surface area contributed by atoms with Crippen LogP contribution in [0.25, 0.3) is 21.7 Å². The second-order valence-corrected chi connectivity index (χ2v) is 9.36. The lowest BCUT2D eigenvalue weighted by atomic mass is 10.0. The first kappa shape index (κ1) is 21.6. The number of aryl methyl sites for hydroxylation is 1. The van der Waals surface area contributed by atoms with Crippen LogP contribution in [-0.4, -0.2) is 28.8 Å². The van der Waals surface area contributed by atoms with Crippen LogP contribution in [0, 0.1) is 6.92 Å². The van der Waals surface area contributed by atoms with Gasteiger partial charge in [-0.25, -0.2) is 13.2 Å². The molecule has 1 heterocycles. The van der Waals surface area contributed by atoms with E-state index in [0.717, 1.165) is 11.1 Å². The Morgan fingerprint density at radius 2 is 1.78 bits per heavy atom. The van der Waals surface area contributed by atoms with Gasteiger partial charge in [-0.2, -0.15) is 0 Å². The number of hydrogen-bond acceptors (Lipinski definition) is 6. The molecule has 0 aliphatic rings. The summed E-state index contributed by atoms with van der Waals surface area (Å²) >= 11 is 0. The first-order valence-electron chi connectivity index (χ1n) is 9.95. The van der Waals surface area contributed by atoms with Gasteiger partial charge in [0.15, 0.2) is 0 Å². The number of anilines is 2. The number of carbonyl (C=O) groups is 1. The number of fused-ring (bicyclic) bond motifs is 2. The lowest BCUT2D eigenvalue weighted by Crippen LogP contribution is -2.16. The normalized spacial score (nSPS) is 11.6. The maximum absolute atomic E-state index is 13.3. The number of sulfonamides is 1. The van der Waals surface area contributed by atoms with Crippen molar-refractivity contribution in [2.75, 3.05) is 23.7 Å². The van der Waals surface area contributed by atoms with Crippen LogP contribution in [0.15, 0.2) is 68.7 Å². The van der Waals surface area contributed by atoms with Gasteiger partial charge in [0.05, 0.1) is 10.6 Å². The largest absolute Gasteiger partial charge is 0.422 e. The maximum atomic E-state index is 13.3. The molecule has 4 rings (SSSR count). The van der Waals surface area contributed by atoms with Gasteiger partial charge in [0, 0.05) is 48.6 Å². The average molecular weight is 451 g/mol. The fourth-order valence-electron chi connectivity index (χ4n) is 3.87. The van der Waals surface area contributed by atoms with Crippen LogP contribution in [0.5, 0.6) is 0 Å². The Hall–Kier alpha value is -3.65. The molecule has 0 saturated carbocycles. The fourth-order valence-corrected chi connectivity index (χ4v) is 5.17. The molecule has 0 bridgehead atoms. The Balaban J connectivity index is 1.82. The summed E-state index contributed by atoms with van der Waals surface area (Å²) in [6.07, 6.45) is 0.619. The summed E-state index contributed by atoms with van der Waals surface area (Å²) in [6.45, 7) is 1.74. The molecule has 0 fully saturated rings. The van der Waals surface area contributed by atoms with E-state index in [1.807, 2.05) is 43.3 Å². The van der Waals surface area contributed by atoms with E-state index >= 15 is 0 Å². The summed E-state index contributed by atoms with van der Waals surface area (Å²) in [5.41, 5.74) is 1.63. The van der Waals surface area contributed by atoms with Crippen molar-refractivity contribution in [1.29, 1.82) is 0 Å². The summed E-state index contributed by atoms with van der Waals surface area (Å²) < 4.78 is 34.6. The zero-order chi connectivity index (χ0) is 23.0. The van der Waals surface area contributed by atoms with E-state index < -0.39 is 15.6 Å². The van der Waals surface area contributed by atoms with Gasteiger partial charge in [-0.3, -0.25) is 4.72 Å². The molecule has 1 N–H and O–H groups in total. The monoisotopic (exact) mass is 450 g/mol. The molecule has 0 spiro atoms. The van der Waals surface area contributed by atoms with Crippen molar-refractivity contribution < 1.29 is 17.6 Å². The van der Waals surface area contributed by atoms with Gasteiger partial charge in [0.25, 0.3) is 10.0 Å². The van der Waals surface area contributed by atoms with Crippen LogP contribution in [0.1, 0.15) is 11.1 Å². The van der Waals surface area contributed by atoms with Crippen molar-refractivity contribution in [2.24, 2.45) is 0 Å². The number of carbonyl (C=O) groups excluding carboxylic acids is 1. The van der Waals surface area contributed by atoms with Crippen molar-refractivity contribution in [2.45, 2.75) is 18.2 Å². The fraction of sp³-hybridized carbons (Fsp3) is 0.167. The summed E-state index contributed by atoms with van der Waals surface area (Å²) in [6, 6.07) is 15.5. The molecule has 0 unspecified atom stereocenters. The van der Waals surface area contributed by atoms with Crippen LogP contribution in [0.3, 0.4) is 0 Å². The standard InChI is InChI=1S/C24H22N2O5S/c1-15-18-11-10-17(14-21(18)31-24(28)19(15)12-13-27)25-32(29,30)22-9-5-7-16-6-4-8-20(23(16)22)26(2)3/h4-11,13-14,25H,12H2,1-3H3. The second kappa shape index (κ2) is 8.12. The van der Waals surface area contributed by atoms with E-state index in [-0.39, 0.29) is 22.6 Å². The molecular weight excluding hydrogens is 428 g/mol. The van der Waals surface area contributed by atoms with Gasteiger partial charge in [-0.15, -0.1) is 0 Å². The highest BCUT2D eigenvalue weighted by molar-refractivity contribution is 7.93. The molecule has 0 aliphatic heterocycles. The predicted octanol–water partition coefficient (Wildman–Crippen LogP) is 3.86. The lowest BCUT2D eigenvalue weighted by molar-refractivity contribution is -0.107. The summed E-state index contributed by atoms with van der Waals surface area (Å²) in [5.74, 6) is 0. The van der Waals surface area contributed by atoms with Gasteiger partial charge >= 0.3 is 5.63 Å². The molecule has 7 nitrogen and oxygen atoms in total. The Morgan fingerprint density at radius 1 is 1.06 bits per heavy atom. The number of aldehydes is 1. The third-order valence-corrected chi connectivity index (χ3v) is 6.87. The molecule has 3 aromatic carbocycles. The SMILES string of the molecule is Cc1c(CC=O)c(=O)oc2cc(NS(=O)(=O)c3cccc4cccc(N(C)C)c34)ccc12. The van der Waals surface area contributed by atoms with Crippen LogP contribution < -0.4 is 15.2 Å². The summed E-state index contributed by atoms with van der Waals surface area (Å²) in [4.78, 5) is 25.1. The van der Waals surface area contributed by atoms with E-state index in [1.54, 1.807) is 31.2 Å². The van der Waals surface area contributed by atoms with E-state index in [0.29, 0.717) is 28.2 Å². The Labute approximate surface area is 185 Å². The first-order chi connectivity index (χ1) is 15.2. The third kappa shape index (κ3) is 3.73. The zero-order valence-corrected chi connectivity index (χ0v) is 18.7. The van der Waals surface area contributed by atoms with E-state index in [2.05, 4.69) is 4.72 Å². The van der Waals surface area contributed by atoms with Crippen molar-refractivity contribution in [3.63, 3.8) is 0 Å². The van der Waals surface area contributed by atoms with Gasteiger partial charge in [-0.05, 0) is 42.1 Å². The number of nitrogens with zero attached hydrogens (tertiary/aromatic N) is 1. The minimum atomic E-state index is -3.94. The topological polar surface area (TPSA) is 96.7 Å². The Morgan fingerprint density at radius 3 is 2.47 bits per heavy atom. The first-order valence-corrected chi connectivity index (χ1v) is 11.4. The zero-order valence-electron chi connectivity index (χ0n) is 17.9. The molecule has 164 valence electrons. The summed E-state index contributed by atoms with van der Waals surface area (Å²) in [5, 5.41) is 2.07. The average Bonchev–Trinajstić information content (AvgIpc) is 2.75. The number of nitrogens with one attached hydrogen (secondary N) is 1. The number of hydrogen-bond donors (Lipinski definition) is 1. The molecule has 1 aromatic heterocycles. The molecular formula is C24H22N2O5S. The van der Waals surface area contributed by atoms with E-state index in [4.69, 9.17) is 4.42 Å². The minimum absolute atomic E-state index is 0.0340. The third-order valence-electron chi connectivity index (χ3n) is 5.44. The van der Waals surface area contributed by atoms with Gasteiger partial charge in [0.2, 0.25) is 0 Å². The number of benzene rings is 3. The van der Waals surface area contributed by atoms with Crippen LogP contribution in [0.4, 0.5) is 11.4 Å². The number of rotatable bonds is 6. The van der Waals surface area contributed by atoms with Crippen LogP contribution in [0.2, 0.25) is 0 Å². The molecule has 0 radical (unpaired) electrons. The molecule has 0 saturated heterocycles. The molecule has 32 heavy (non-hydrogen) atoms.